The molecule has 2 aromatic rings. The Hall–Kier alpha value is -1.68. The molecule has 0 radical (unpaired) electrons. The molecule has 0 aliphatic heterocycles. The molecule has 0 bridgehead atoms. The fraction of sp³-hybridized carbons (Fsp3) is 0.200. The normalized spacial score (nSPS) is 10.5. The van der Waals surface area contributed by atoms with Gasteiger partial charge in [-0.05, 0) is 47.9 Å². The van der Waals surface area contributed by atoms with Gasteiger partial charge in [0, 0.05) is 16.2 Å². The van der Waals surface area contributed by atoms with Gasteiger partial charge in [-0.15, -0.1) is 0 Å². The van der Waals surface area contributed by atoms with Crippen LogP contribution in [0.3, 0.4) is 0 Å². The molecule has 1 N–H and O–H groups in total. The lowest BCUT2D eigenvalue weighted by Gasteiger charge is -2.08. The van der Waals surface area contributed by atoms with Crippen LogP contribution in [0.5, 0.6) is 0 Å². The Morgan fingerprint density at radius 2 is 1.89 bits per heavy atom. The van der Waals surface area contributed by atoms with Gasteiger partial charge in [0.15, 0.2) is 0 Å². The van der Waals surface area contributed by atoms with Gasteiger partial charge >= 0.3 is 0 Å². The second-order valence-electron chi connectivity index (χ2n) is 4.59. The van der Waals surface area contributed by atoms with Gasteiger partial charge in [-0.3, -0.25) is 4.79 Å². The summed E-state index contributed by atoms with van der Waals surface area (Å²) in [4.78, 5) is 16.2. The predicted molar refractivity (Wildman–Crippen MR) is 80.4 cm³/mol. The van der Waals surface area contributed by atoms with Crippen molar-refractivity contribution in [1.82, 2.24) is 4.98 Å². The Balaban J connectivity index is 2.14. The summed E-state index contributed by atoms with van der Waals surface area (Å²) in [6.45, 7) is 4.21. The van der Waals surface area contributed by atoms with E-state index < -0.39 is 0 Å². The van der Waals surface area contributed by atoms with Gasteiger partial charge in [0.1, 0.15) is 5.82 Å². The SMILES string of the molecule is CC(C)c1ccnc(NC(=O)c2ccc(Br)cc2)c1. The van der Waals surface area contributed by atoms with Crippen LogP contribution in [0, 0.1) is 0 Å². The lowest BCUT2D eigenvalue weighted by atomic mass is 10.1. The summed E-state index contributed by atoms with van der Waals surface area (Å²) in [6, 6.07) is 11.1. The Kier molecular flexibility index (Phi) is 4.32. The third-order valence-corrected chi connectivity index (χ3v) is 3.33. The van der Waals surface area contributed by atoms with Crippen LogP contribution >= 0.6 is 15.9 Å². The summed E-state index contributed by atoms with van der Waals surface area (Å²) in [7, 11) is 0. The molecule has 0 spiro atoms. The molecule has 1 amide bonds. The molecule has 0 fully saturated rings. The summed E-state index contributed by atoms with van der Waals surface area (Å²) in [5.41, 5.74) is 1.76. The van der Waals surface area contributed by atoms with Gasteiger partial charge in [0.05, 0.1) is 0 Å². The maximum Gasteiger partial charge on any atom is 0.256 e. The van der Waals surface area contributed by atoms with Crippen molar-refractivity contribution < 1.29 is 4.79 Å². The molecular formula is C15H15BrN2O. The number of nitrogens with zero attached hydrogens (tertiary/aromatic N) is 1. The quantitative estimate of drug-likeness (QED) is 0.920. The molecule has 4 heteroatoms. The minimum absolute atomic E-state index is 0.152. The number of benzene rings is 1. The first kappa shape index (κ1) is 13.7. The maximum atomic E-state index is 12.0. The van der Waals surface area contributed by atoms with Crippen LogP contribution < -0.4 is 5.32 Å². The fourth-order valence-corrected chi connectivity index (χ4v) is 1.93. The van der Waals surface area contributed by atoms with Crippen LogP contribution in [-0.2, 0) is 0 Å². The van der Waals surface area contributed by atoms with Crippen molar-refractivity contribution in [3.8, 4) is 0 Å². The first-order chi connectivity index (χ1) is 9.06. The van der Waals surface area contributed by atoms with E-state index in [0.29, 0.717) is 17.3 Å². The number of hydrogen-bond acceptors (Lipinski definition) is 2. The molecule has 3 nitrogen and oxygen atoms in total. The van der Waals surface area contributed by atoms with Crippen molar-refractivity contribution in [3.05, 3.63) is 58.2 Å². The number of pyridine rings is 1. The first-order valence-electron chi connectivity index (χ1n) is 6.09. The summed E-state index contributed by atoms with van der Waals surface area (Å²) in [6.07, 6.45) is 1.71. The predicted octanol–water partition coefficient (Wildman–Crippen LogP) is 4.22. The summed E-state index contributed by atoms with van der Waals surface area (Å²) in [5.74, 6) is 0.839. The van der Waals surface area contributed by atoms with E-state index in [9.17, 15) is 4.79 Å². The van der Waals surface area contributed by atoms with Crippen LogP contribution in [0.1, 0.15) is 35.7 Å². The number of halogens is 1. The fourth-order valence-electron chi connectivity index (χ4n) is 1.66. The monoisotopic (exact) mass is 318 g/mol. The average molecular weight is 319 g/mol. The average Bonchev–Trinajstić information content (AvgIpc) is 2.39. The van der Waals surface area contributed by atoms with Crippen molar-refractivity contribution in [2.75, 3.05) is 5.32 Å². The van der Waals surface area contributed by atoms with Gasteiger partial charge < -0.3 is 5.32 Å². The van der Waals surface area contributed by atoms with Crippen LogP contribution in [-0.4, -0.2) is 10.9 Å². The number of aromatic nitrogens is 1. The highest BCUT2D eigenvalue weighted by Gasteiger charge is 2.07. The van der Waals surface area contributed by atoms with Crippen LogP contribution in [0.2, 0.25) is 0 Å². The van der Waals surface area contributed by atoms with Crippen LogP contribution in [0.4, 0.5) is 5.82 Å². The smallest absolute Gasteiger partial charge is 0.256 e. The van der Waals surface area contributed by atoms with E-state index in [1.54, 1.807) is 18.3 Å². The zero-order valence-corrected chi connectivity index (χ0v) is 12.4. The second kappa shape index (κ2) is 5.97. The van der Waals surface area contributed by atoms with Crippen molar-refractivity contribution in [2.45, 2.75) is 19.8 Å². The Morgan fingerprint density at radius 3 is 2.53 bits per heavy atom. The number of amides is 1. The lowest BCUT2D eigenvalue weighted by Crippen LogP contribution is -2.13. The number of rotatable bonds is 3. The van der Waals surface area contributed by atoms with Gasteiger partial charge in [-0.1, -0.05) is 29.8 Å². The first-order valence-corrected chi connectivity index (χ1v) is 6.88. The van der Waals surface area contributed by atoms with Crippen molar-refractivity contribution in [1.29, 1.82) is 0 Å². The lowest BCUT2D eigenvalue weighted by molar-refractivity contribution is 0.102. The van der Waals surface area contributed by atoms with Gasteiger partial charge in [0.25, 0.3) is 5.91 Å². The van der Waals surface area contributed by atoms with E-state index in [2.05, 4.69) is 40.1 Å². The van der Waals surface area contributed by atoms with E-state index in [0.717, 1.165) is 10.0 Å². The topological polar surface area (TPSA) is 42.0 Å². The summed E-state index contributed by atoms with van der Waals surface area (Å²) in [5, 5.41) is 2.81. The van der Waals surface area contributed by atoms with E-state index in [4.69, 9.17) is 0 Å². The van der Waals surface area contributed by atoms with Gasteiger partial charge in [-0.25, -0.2) is 4.98 Å². The van der Waals surface area contributed by atoms with Crippen LogP contribution in [0.25, 0.3) is 0 Å². The van der Waals surface area contributed by atoms with E-state index in [-0.39, 0.29) is 5.91 Å². The molecule has 2 rings (SSSR count). The minimum Gasteiger partial charge on any atom is -0.307 e. The van der Waals surface area contributed by atoms with Crippen molar-refractivity contribution >= 4 is 27.7 Å². The number of carbonyl (C=O) groups excluding carboxylic acids is 1. The largest absolute Gasteiger partial charge is 0.307 e. The van der Waals surface area contributed by atoms with E-state index >= 15 is 0 Å². The van der Waals surface area contributed by atoms with E-state index in [1.165, 1.54) is 0 Å². The maximum absolute atomic E-state index is 12.0. The number of carbonyl (C=O) groups is 1. The van der Waals surface area contributed by atoms with Gasteiger partial charge in [-0.2, -0.15) is 0 Å². The molecule has 1 aromatic heterocycles. The molecule has 0 saturated carbocycles. The second-order valence-corrected chi connectivity index (χ2v) is 5.51. The molecule has 19 heavy (non-hydrogen) atoms. The molecule has 1 aromatic carbocycles. The number of anilines is 1. The van der Waals surface area contributed by atoms with E-state index in [1.807, 2.05) is 24.3 Å². The third-order valence-electron chi connectivity index (χ3n) is 2.80. The molecule has 98 valence electrons. The summed E-state index contributed by atoms with van der Waals surface area (Å²) >= 11 is 3.34. The third kappa shape index (κ3) is 3.64. The molecule has 0 saturated heterocycles. The summed E-state index contributed by atoms with van der Waals surface area (Å²) < 4.78 is 0.948. The highest BCUT2D eigenvalue weighted by molar-refractivity contribution is 9.10. The number of hydrogen-bond donors (Lipinski definition) is 1. The highest BCUT2D eigenvalue weighted by atomic mass is 79.9. The zero-order valence-electron chi connectivity index (χ0n) is 10.9. The highest BCUT2D eigenvalue weighted by Crippen LogP contribution is 2.17. The Labute approximate surface area is 121 Å². The van der Waals surface area contributed by atoms with Crippen LogP contribution in [0.15, 0.2) is 47.1 Å². The molecular weight excluding hydrogens is 304 g/mol. The Bertz CT molecular complexity index is 579. The van der Waals surface area contributed by atoms with Crippen molar-refractivity contribution in [3.63, 3.8) is 0 Å². The Morgan fingerprint density at radius 1 is 1.21 bits per heavy atom. The van der Waals surface area contributed by atoms with Gasteiger partial charge in [0.2, 0.25) is 0 Å². The minimum atomic E-state index is -0.152. The molecule has 1 heterocycles. The standard InChI is InChI=1S/C15H15BrN2O/c1-10(2)12-7-8-17-14(9-12)18-15(19)11-3-5-13(16)6-4-11/h3-10H,1-2H3,(H,17,18,19). The number of nitrogens with one attached hydrogen (secondary N) is 1. The molecule has 0 aliphatic rings. The molecule has 0 atom stereocenters. The zero-order chi connectivity index (χ0) is 13.8. The van der Waals surface area contributed by atoms with Crippen molar-refractivity contribution in [2.24, 2.45) is 0 Å². The molecule has 0 unspecified atom stereocenters. The molecule has 0 aliphatic carbocycles.